The molecule has 1 N–H and O–H groups in total. The lowest BCUT2D eigenvalue weighted by Gasteiger charge is -2.38. The maximum Gasteiger partial charge on any atom is 0.249 e. The van der Waals surface area contributed by atoms with Gasteiger partial charge in [0.1, 0.15) is 36.7 Å². The summed E-state index contributed by atoms with van der Waals surface area (Å²) < 4.78 is 70.0. The number of sulfone groups is 1. The number of fused-ring (bicyclic) bond motifs is 2. The number of hydrogen-bond donors (Lipinski definition) is 1. The summed E-state index contributed by atoms with van der Waals surface area (Å²) in [5.74, 6) is 2.30. The molecule has 1 aliphatic heterocycles. The van der Waals surface area contributed by atoms with E-state index in [2.05, 4.69) is 63.0 Å². The SMILES string of the molecule is COCOc1cc(-c2nc(C)c3c(N4CCCC(C)(O)C4)nc(S(C)(=O)=O)nc3c2F)c2c(C#C[Si](C(C)C)(C(C)C)C(C)C)c(F)ccc2c1. The van der Waals surface area contributed by atoms with Crippen LogP contribution in [0.25, 0.3) is 32.9 Å². The molecule has 9 nitrogen and oxygen atoms in total. The average molecular weight is 739 g/mol. The Morgan fingerprint density at radius 2 is 1.71 bits per heavy atom. The summed E-state index contributed by atoms with van der Waals surface area (Å²) in [6.07, 6.45) is 2.13. The van der Waals surface area contributed by atoms with Gasteiger partial charge in [-0.15, -0.1) is 5.54 Å². The van der Waals surface area contributed by atoms with Gasteiger partial charge in [-0.25, -0.2) is 32.2 Å². The second kappa shape index (κ2) is 14.4. The minimum Gasteiger partial charge on any atom is -0.468 e. The second-order valence-electron chi connectivity index (χ2n) is 14.9. The molecule has 1 aliphatic rings. The van der Waals surface area contributed by atoms with E-state index in [-0.39, 0.29) is 46.9 Å². The smallest absolute Gasteiger partial charge is 0.249 e. The number of anilines is 1. The van der Waals surface area contributed by atoms with Crippen LogP contribution in [0.1, 0.15) is 72.6 Å². The van der Waals surface area contributed by atoms with E-state index < -0.39 is 40.3 Å². The number of halogens is 2. The Morgan fingerprint density at radius 1 is 1.04 bits per heavy atom. The summed E-state index contributed by atoms with van der Waals surface area (Å²) in [6.45, 7) is 16.9. The standard InChI is InChI=1S/C38H48F2N4O5SSi/c1-22(2)51(23(3)4,24(5)6)17-14-28-30(39)13-12-26-18-27(49-21-48-9)19-29(32(26)28)34-33(40)35-31(25(7)41-34)36(43-37(42-35)50(10,46)47)44-16-11-15-38(8,45)20-44/h12-13,18-19,22-24,45H,11,15-16,20-21H2,1-10H3. The Kier molecular flexibility index (Phi) is 10.9. The maximum absolute atomic E-state index is 17.2. The normalized spacial score (nSPS) is 17.1. The van der Waals surface area contributed by atoms with E-state index in [0.29, 0.717) is 58.2 Å². The van der Waals surface area contributed by atoms with Crippen molar-refractivity contribution in [3.63, 3.8) is 0 Å². The highest BCUT2D eigenvalue weighted by Crippen LogP contribution is 2.43. The first-order valence-electron chi connectivity index (χ1n) is 17.3. The Hall–Kier alpha value is -3.70. The fourth-order valence-corrected chi connectivity index (χ4v) is 13.5. The lowest BCUT2D eigenvalue weighted by molar-refractivity contribution is 0.0447. The van der Waals surface area contributed by atoms with Gasteiger partial charge in [0.25, 0.3) is 0 Å². The number of nitrogens with zero attached hydrogens (tertiary/aromatic N) is 4. The van der Waals surface area contributed by atoms with E-state index >= 15 is 8.78 Å². The molecule has 0 spiro atoms. The van der Waals surface area contributed by atoms with Crippen molar-refractivity contribution in [1.29, 1.82) is 0 Å². The molecule has 2 aromatic carbocycles. The van der Waals surface area contributed by atoms with Gasteiger partial charge < -0.3 is 19.5 Å². The molecule has 4 aromatic rings. The minimum atomic E-state index is -3.99. The topological polar surface area (TPSA) is 115 Å². The summed E-state index contributed by atoms with van der Waals surface area (Å²) in [6, 6.07) is 6.23. The highest BCUT2D eigenvalue weighted by atomic mass is 32.2. The number of hydrogen-bond acceptors (Lipinski definition) is 9. The number of aryl methyl sites for hydroxylation is 1. The third-order valence-corrected chi connectivity index (χ3v) is 17.3. The van der Waals surface area contributed by atoms with E-state index in [4.69, 9.17) is 14.5 Å². The van der Waals surface area contributed by atoms with Crippen LogP contribution in [-0.4, -0.2) is 75.4 Å². The van der Waals surface area contributed by atoms with Crippen molar-refractivity contribution in [2.75, 3.05) is 38.1 Å². The Labute approximate surface area is 300 Å². The quantitative estimate of drug-likeness (QED) is 0.0797. The fraction of sp³-hybridized carbons (Fsp3) is 0.500. The monoisotopic (exact) mass is 738 g/mol. The van der Waals surface area contributed by atoms with Gasteiger partial charge in [0.05, 0.1) is 22.2 Å². The molecule has 13 heteroatoms. The number of rotatable bonds is 9. The van der Waals surface area contributed by atoms with E-state index in [9.17, 15) is 13.5 Å². The Morgan fingerprint density at radius 3 is 2.29 bits per heavy atom. The second-order valence-corrected chi connectivity index (χ2v) is 22.4. The van der Waals surface area contributed by atoms with Gasteiger partial charge >= 0.3 is 0 Å². The van der Waals surface area contributed by atoms with E-state index in [1.807, 2.05) is 0 Å². The summed E-state index contributed by atoms with van der Waals surface area (Å²) in [7, 11) is -4.83. The number of aromatic nitrogens is 3. The highest BCUT2D eigenvalue weighted by Gasteiger charge is 2.42. The first-order chi connectivity index (χ1) is 23.8. The number of benzene rings is 2. The molecular weight excluding hydrogens is 691 g/mol. The molecular formula is C38H48F2N4O5SSi. The van der Waals surface area contributed by atoms with Gasteiger partial charge in [0.15, 0.2) is 12.6 Å². The fourth-order valence-electron chi connectivity index (χ4n) is 7.82. The van der Waals surface area contributed by atoms with Gasteiger partial charge in [-0.2, -0.15) is 0 Å². The van der Waals surface area contributed by atoms with E-state index in [1.165, 1.54) is 13.2 Å². The first kappa shape index (κ1) is 38.5. The highest BCUT2D eigenvalue weighted by molar-refractivity contribution is 7.90. The van der Waals surface area contributed by atoms with Crippen LogP contribution >= 0.6 is 0 Å². The molecule has 0 saturated carbocycles. The van der Waals surface area contributed by atoms with Gasteiger partial charge in [-0.05, 0) is 66.9 Å². The molecule has 3 heterocycles. The third-order valence-electron chi connectivity index (χ3n) is 10.1. The summed E-state index contributed by atoms with van der Waals surface area (Å²) in [4.78, 5) is 15.1. The Balaban J connectivity index is 1.89. The van der Waals surface area contributed by atoms with Gasteiger partial charge in [-0.1, -0.05) is 53.5 Å². The zero-order valence-corrected chi connectivity index (χ0v) is 32.9. The summed E-state index contributed by atoms with van der Waals surface area (Å²) in [5.41, 5.74) is 3.65. The number of methoxy groups -OCH3 is 1. The van der Waals surface area contributed by atoms with Crippen LogP contribution < -0.4 is 9.64 Å². The van der Waals surface area contributed by atoms with Crippen molar-refractivity contribution in [2.24, 2.45) is 0 Å². The predicted octanol–water partition coefficient (Wildman–Crippen LogP) is 7.74. The van der Waals surface area contributed by atoms with E-state index in [0.717, 1.165) is 6.26 Å². The molecule has 0 bridgehead atoms. The molecule has 0 radical (unpaired) electrons. The van der Waals surface area contributed by atoms with Crippen LogP contribution in [0.2, 0.25) is 16.6 Å². The molecule has 1 fully saturated rings. The average Bonchev–Trinajstić information content (AvgIpc) is 3.04. The van der Waals surface area contributed by atoms with Crippen LogP contribution in [0, 0.1) is 30.0 Å². The molecule has 5 rings (SSSR count). The maximum atomic E-state index is 17.2. The summed E-state index contributed by atoms with van der Waals surface area (Å²) in [5, 5.41) is 11.5. The molecule has 2 aromatic heterocycles. The summed E-state index contributed by atoms with van der Waals surface area (Å²) >= 11 is 0. The molecule has 0 aliphatic carbocycles. The number of β-amino-alcohol motifs (C(OH)–C–C–N with tert-alkyl or cyclic N) is 1. The van der Waals surface area contributed by atoms with Crippen molar-refractivity contribution < 1.29 is 31.8 Å². The zero-order chi connectivity index (χ0) is 37.6. The molecule has 1 unspecified atom stereocenters. The third kappa shape index (κ3) is 7.33. The van der Waals surface area contributed by atoms with Gasteiger partial charge in [-0.3, -0.25) is 0 Å². The molecule has 274 valence electrons. The van der Waals surface area contributed by atoms with Crippen LogP contribution in [0.3, 0.4) is 0 Å². The molecule has 1 atom stereocenters. The number of aliphatic hydroxyl groups is 1. The van der Waals surface area contributed by atoms with Gasteiger partial charge in [0, 0.05) is 37.4 Å². The van der Waals surface area contributed by atoms with Crippen molar-refractivity contribution in [2.45, 2.75) is 95.6 Å². The van der Waals surface area contributed by atoms with Crippen molar-refractivity contribution in [3.05, 3.63) is 47.2 Å². The first-order valence-corrected chi connectivity index (χ1v) is 21.4. The van der Waals surface area contributed by atoms with Crippen molar-refractivity contribution >= 4 is 45.4 Å². The van der Waals surface area contributed by atoms with Crippen molar-refractivity contribution in [1.82, 2.24) is 15.0 Å². The van der Waals surface area contributed by atoms with Crippen LogP contribution in [-0.2, 0) is 14.6 Å². The minimum absolute atomic E-state index is 0.0926. The number of pyridine rings is 1. The number of ether oxygens (including phenoxy) is 2. The zero-order valence-electron chi connectivity index (χ0n) is 31.1. The van der Waals surface area contributed by atoms with Crippen molar-refractivity contribution in [3.8, 4) is 28.5 Å². The molecule has 51 heavy (non-hydrogen) atoms. The van der Waals surface area contributed by atoms with Crippen LogP contribution in [0.4, 0.5) is 14.6 Å². The van der Waals surface area contributed by atoms with E-state index in [1.54, 1.807) is 36.9 Å². The largest absolute Gasteiger partial charge is 0.468 e. The number of piperidine rings is 1. The molecule has 0 amide bonds. The van der Waals surface area contributed by atoms with Crippen LogP contribution in [0.15, 0.2) is 29.4 Å². The predicted molar refractivity (Wildman–Crippen MR) is 201 cm³/mol. The Bertz CT molecular complexity index is 2140. The lowest BCUT2D eigenvalue weighted by atomic mass is 9.94. The molecule has 1 saturated heterocycles. The lowest BCUT2D eigenvalue weighted by Crippen LogP contribution is -2.46. The van der Waals surface area contributed by atoms with Gasteiger partial charge in [0.2, 0.25) is 15.0 Å². The van der Waals surface area contributed by atoms with Crippen LogP contribution in [0.5, 0.6) is 5.75 Å².